The molecule has 1 aliphatic heterocycles. The molecule has 160 valence electrons. The molecule has 1 saturated heterocycles. The number of thiophene rings is 1. The zero-order chi connectivity index (χ0) is 20.9. The average molecular weight is 429 g/mol. The molecule has 2 aromatic heterocycles. The molecule has 7 heteroatoms. The van der Waals surface area contributed by atoms with E-state index < -0.39 is 0 Å². The minimum absolute atomic E-state index is 0.0451. The average Bonchev–Trinajstić information content (AvgIpc) is 3.36. The van der Waals surface area contributed by atoms with Gasteiger partial charge in [-0.3, -0.25) is 4.79 Å². The predicted molar refractivity (Wildman–Crippen MR) is 121 cm³/mol. The Kier molecular flexibility index (Phi) is 6.82. The molecule has 0 saturated carbocycles. The lowest BCUT2D eigenvalue weighted by Gasteiger charge is -2.33. The minimum atomic E-state index is -0.249. The van der Waals surface area contributed by atoms with E-state index in [1.54, 1.807) is 23.5 Å². The summed E-state index contributed by atoms with van der Waals surface area (Å²) >= 11 is 1.63. The van der Waals surface area contributed by atoms with Gasteiger partial charge in [-0.2, -0.15) is 0 Å². The molecule has 0 radical (unpaired) electrons. The van der Waals surface area contributed by atoms with Gasteiger partial charge in [0.1, 0.15) is 11.5 Å². The third-order valence-corrected chi connectivity index (χ3v) is 6.71. The molecule has 3 aromatic rings. The van der Waals surface area contributed by atoms with Gasteiger partial charge in [0.2, 0.25) is 0 Å². The van der Waals surface area contributed by atoms with Crippen LogP contribution in [0.2, 0.25) is 0 Å². The number of carbonyl (C=O) groups excluding carboxylic acids is 1. The van der Waals surface area contributed by atoms with Crippen molar-refractivity contribution >= 4 is 27.5 Å². The van der Waals surface area contributed by atoms with Crippen LogP contribution in [-0.2, 0) is 6.54 Å². The molecule has 5 nitrogen and oxygen atoms in total. The number of amides is 1. The lowest BCUT2D eigenvalue weighted by atomic mass is 10.2. The van der Waals surface area contributed by atoms with Crippen molar-refractivity contribution in [1.82, 2.24) is 19.7 Å². The Morgan fingerprint density at radius 2 is 1.83 bits per heavy atom. The first kappa shape index (κ1) is 21.0. The Morgan fingerprint density at radius 3 is 2.57 bits per heavy atom. The van der Waals surface area contributed by atoms with Crippen molar-refractivity contribution < 1.29 is 9.18 Å². The van der Waals surface area contributed by atoms with Crippen LogP contribution in [0.3, 0.4) is 0 Å². The maximum atomic E-state index is 13.2. The second-order valence-electron chi connectivity index (χ2n) is 7.80. The van der Waals surface area contributed by atoms with Gasteiger partial charge in [0.25, 0.3) is 5.91 Å². The van der Waals surface area contributed by atoms with Crippen LogP contribution in [0.4, 0.5) is 4.39 Å². The van der Waals surface area contributed by atoms with Gasteiger partial charge in [-0.1, -0.05) is 19.1 Å². The van der Waals surface area contributed by atoms with Crippen LogP contribution >= 0.6 is 11.3 Å². The predicted octanol–water partition coefficient (Wildman–Crippen LogP) is 3.65. The topological polar surface area (TPSA) is 40.5 Å². The van der Waals surface area contributed by atoms with E-state index in [0.717, 1.165) is 61.5 Å². The van der Waals surface area contributed by atoms with E-state index in [2.05, 4.69) is 22.0 Å². The summed E-state index contributed by atoms with van der Waals surface area (Å²) in [6.07, 6.45) is 0.949. The molecule has 0 aliphatic carbocycles. The summed E-state index contributed by atoms with van der Waals surface area (Å²) in [5.41, 5.74) is 2.68. The number of nitrogens with zero attached hydrogens (tertiary/aromatic N) is 3. The number of fused-ring (bicyclic) bond motifs is 1. The first-order valence-electron chi connectivity index (χ1n) is 10.7. The number of aromatic nitrogens is 1. The number of likely N-dealkylation sites (N-methyl/N-ethyl adjacent to an activating group) is 1. The number of hydrogen-bond donors (Lipinski definition) is 1. The highest BCUT2D eigenvalue weighted by molar-refractivity contribution is 7.17. The smallest absolute Gasteiger partial charge is 0.267 e. The van der Waals surface area contributed by atoms with E-state index >= 15 is 0 Å². The lowest BCUT2D eigenvalue weighted by Crippen LogP contribution is -2.46. The maximum Gasteiger partial charge on any atom is 0.267 e. The molecule has 0 spiro atoms. The summed E-state index contributed by atoms with van der Waals surface area (Å²) in [4.78, 5) is 17.9. The molecular weight excluding hydrogens is 399 g/mol. The van der Waals surface area contributed by atoms with E-state index in [0.29, 0.717) is 18.8 Å². The Morgan fingerprint density at radius 1 is 1.10 bits per heavy atom. The van der Waals surface area contributed by atoms with Crippen molar-refractivity contribution in [2.45, 2.75) is 19.9 Å². The van der Waals surface area contributed by atoms with Crippen LogP contribution in [0, 0.1) is 5.82 Å². The van der Waals surface area contributed by atoms with Gasteiger partial charge in [-0.15, -0.1) is 11.3 Å². The molecular formula is C23H29FN4OS. The van der Waals surface area contributed by atoms with Gasteiger partial charge in [0, 0.05) is 39.3 Å². The van der Waals surface area contributed by atoms with Gasteiger partial charge in [0.05, 0.1) is 10.2 Å². The standard InChI is InChI=1S/C23H29FN4OS/c1-2-26-11-13-27(14-12-26)10-3-9-25-23(29)21-16-22-20(8-15-30-22)28(21)17-18-4-6-19(24)7-5-18/h4-8,15-16H,2-3,9-14,17H2,1H3,(H,25,29). The lowest BCUT2D eigenvalue weighted by molar-refractivity contribution is 0.0940. The molecule has 4 rings (SSSR count). The second kappa shape index (κ2) is 9.73. The summed E-state index contributed by atoms with van der Waals surface area (Å²) in [5, 5.41) is 5.13. The monoisotopic (exact) mass is 428 g/mol. The van der Waals surface area contributed by atoms with Gasteiger partial charge in [0.15, 0.2) is 0 Å². The zero-order valence-corrected chi connectivity index (χ0v) is 18.3. The van der Waals surface area contributed by atoms with Crippen LogP contribution in [0.1, 0.15) is 29.4 Å². The van der Waals surface area contributed by atoms with E-state index in [-0.39, 0.29) is 11.7 Å². The largest absolute Gasteiger partial charge is 0.351 e. The highest BCUT2D eigenvalue weighted by atomic mass is 32.1. The molecule has 0 unspecified atom stereocenters. The molecule has 1 N–H and O–H groups in total. The number of piperazine rings is 1. The summed E-state index contributed by atoms with van der Waals surface area (Å²) in [7, 11) is 0. The van der Waals surface area contributed by atoms with Crippen molar-refractivity contribution in [2.24, 2.45) is 0 Å². The van der Waals surface area contributed by atoms with E-state index in [1.165, 1.54) is 12.1 Å². The van der Waals surface area contributed by atoms with Gasteiger partial charge in [-0.25, -0.2) is 4.39 Å². The number of carbonyl (C=O) groups is 1. The Labute approximate surface area is 181 Å². The van der Waals surface area contributed by atoms with Crippen molar-refractivity contribution in [1.29, 1.82) is 0 Å². The fraction of sp³-hybridized carbons (Fsp3) is 0.435. The molecule has 30 heavy (non-hydrogen) atoms. The first-order valence-corrected chi connectivity index (χ1v) is 11.6. The van der Waals surface area contributed by atoms with Crippen molar-refractivity contribution in [3.63, 3.8) is 0 Å². The molecule has 0 atom stereocenters. The third-order valence-electron chi connectivity index (χ3n) is 5.86. The Hall–Kier alpha value is -2.22. The number of hydrogen-bond acceptors (Lipinski definition) is 4. The number of halogens is 1. The van der Waals surface area contributed by atoms with Crippen LogP contribution in [-0.4, -0.2) is 66.1 Å². The van der Waals surface area contributed by atoms with Crippen molar-refractivity contribution in [3.8, 4) is 0 Å². The van der Waals surface area contributed by atoms with Crippen LogP contribution in [0.15, 0.2) is 41.8 Å². The van der Waals surface area contributed by atoms with E-state index in [4.69, 9.17) is 0 Å². The second-order valence-corrected chi connectivity index (χ2v) is 8.75. The molecule has 3 heterocycles. The maximum absolute atomic E-state index is 13.2. The molecule has 1 aromatic carbocycles. The van der Waals surface area contributed by atoms with Crippen molar-refractivity contribution in [3.05, 3.63) is 58.9 Å². The molecule has 1 fully saturated rings. The van der Waals surface area contributed by atoms with Crippen molar-refractivity contribution in [2.75, 3.05) is 45.8 Å². The van der Waals surface area contributed by atoms with Crippen LogP contribution in [0.5, 0.6) is 0 Å². The normalized spacial score (nSPS) is 15.7. The zero-order valence-electron chi connectivity index (χ0n) is 17.4. The van der Waals surface area contributed by atoms with Crippen LogP contribution in [0.25, 0.3) is 10.2 Å². The van der Waals surface area contributed by atoms with Crippen LogP contribution < -0.4 is 5.32 Å². The SMILES string of the molecule is CCN1CCN(CCCNC(=O)c2cc3sccc3n2Cc2ccc(F)cc2)CC1. The van der Waals surface area contributed by atoms with Gasteiger partial charge >= 0.3 is 0 Å². The van der Waals surface area contributed by atoms with Gasteiger partial charge < -0.3 is 19.7 Å². The highest BCUT2D eigenvalue weighted by Gasteiger charge is 2.18. The fourth-order valence-corrected chi connectivity index (χ4v) is 4.85. The third kappa shape index (κ3) is 4.91. The van der Waals surface area contributed by atoms with E-state index in [9.17, 15) is 9.18 Å². The minimum Gasteiger partial charge on any atom is -0.351 e. The number of nitrogens with one attached hydrogen (secondary N) is 1. The highest BCUT2D eigenvalue weighted by Crippen LogP contribution is 2.26. The Balaban J connectivity index is 1.35. The number of benzene rings is 1. The Bertz CT molecular complexity index is 973. The quantitative estimate of drug-likeness (QED) is 0.557. The molecule has 1 aliphatic rings. The first-order chi connectivity index (χ1) is 14.6. The molecule has 1 amide bonds. The summed E-state index contributed by atoms with van der Waals surface area (Å²) < 4.78 is 16.4. The fourth-order valence-electron chi connectivity index (χ4n) is 4.03. The summed E-state index contributed by atoms with van der Waals surface area (Å²) in [6, 6.07) is 10.5. The van der Waals surface area contributed by atoms with Gasteiger partial charge in [-0.05, 0) is 54.7 Å². The summed E-state index contributed by atoms with van der Waals surface area (Å²) in [5.74, 6) is -0.294. The van der Waals surface area contributed by atoms with E-state index in [1.807, 2.05) is 22.1 Å². The molecule has 0 bridgehead atoms. The summed E-state index contributed by atoms with van der Waals surface area (Å²) in [6.45, 7) is 10.1. The number of rotatable bonds is 8.